The van der Waals surface area contributed by atoms with E-state index in [1.807, 2.05) is 76.9 Å². The number of carbonyl (C=O) groups excluding carboxylic acids is 2. The number of rotatable bonds is 8. The number of aromatic nitrogens is 3. The molecule has 1 aliphatic rings. The smallest absolute Gasteiger partial charge is 0.244 e. The molecule has 2 amide bonds. The highest BCUT2D eigenvalue weighted by atomic mass is 16.2. The average Bonchev–Trinajstić information content (AvgIpc) is 3.59. The van der Waals surface area contributed by atoms with Gasteiger partial charge in [-0.2, -0.15) is 5.10 Å². The summed E-state index contributed by atoms with van der Waals surface area (Å²) in [5, 5.41) is 6.76. The van der Waals surface area contributed by atoms with Crippen molar-refractivity contribution in [3.63, 3.8) is 0 Å². The fourth-order valence-electron chi connectivity index (χ4n) is 6.33. The molecule has 0 saturated carbocycles. The molecule has 2 aromatic heterocycles. The largest absolute Gasteiger partial charge is 0.339 e. The number of piperazine rings is 1. The van der Waals surface area contributed by atoms with Gasteiger partial charge in [0.1, 0.15) is 6.54 Å². The summed E-state index contributed by atoms with van der Waals surface area (Å²) in [7, 11) is 0. The molecule has 0 unspecified atom stereocenters. The molecule has 1 saturated heterocycles. The second-order valence-corrected chi connectivity index (χ2v) is 11.8. The van der Waals surface area contributed by atoms with Crippen molar-refractivity contribution in [3.05, 3.63) is 145 Å². The lowest BCUT2D eigenvalue weighted by atomic mass is 9.88. The summed E-state index contributed by atoms with van der Waals surface area (Å²) in [6, 6.07) is 37.0. The van der Waals surface area contributed by atoms with Gasteiger partial charge in [0, 0.05) is 73.6 Å². The van der Waals surface area contributed by atoms with E-state index in [0.29, 0.717) is 32.6 Å². The van der Waals surface area contributed by atoms with Crippen LogP contribution in [-0.4, -0.2) is 62.6 Å². The molecule has 7 heteroatoms. The highest BCUT2D eigenvalue weighted by molar-refractivity contribution is 5.95. The fraction of sp³-hybridized carbons (Fsp3) is 0.179. The van der Waals surface area contributed by atoms with E-state index in [-0.39, 0.29) is 24.3 Å². The van der Waals surface area contributed by atoms with Gasteiger partial charge in [-0.3, -0.25) is 19.3 Å². The van der Waals surface area contributed by atoms with Crippen LogP contribution in [0.4, 0.5) is 0 Å². The van der Waals surface area contributed by atoms with E-state index in [4.69, 9.17) is 0 Å². The van der Waals surface area contributed by atoms with Crippen LogP contribution < -0.4 is 0 Å². The second-order valence-electron chi connectivity index (χ2n) is 11.8. The molecule has 0 radical (unpaired) electrons. The van der Waals surface area contributed by atoms with Crippen molar-refractivity contribution in [2.24, 2.45) is 0 Å². The molecule has 3 heterocycles. The number of fused-ring (bicyclic) bond motifs is 1. The third kappa shape index (κ3) is 6.31. The molecule has 6 aromatic rings. The number of nitrogens with zero attached hydrogens (tertiary/aromatic N) is 5. The lowest BCUT2D eigenvalue weighted by Crippen LogP contribution is -2.51. The molecule has 1 aliphatic heterocycles. The predicted molar refractivity (Wildman–Crippen MR) is 181 cm³/mol. The van der Waals surface area contributed by atoms with Crippen molar-refractivity contribution in [2.45, 2.75) is 18.9 Å². The molecule has 7 nitrogen and oxygen atoms in total. The van der Waals surface area contributed by atoms with Gasteiger partial charge in [0.15, 0.2) is 0 Å². The van der Waals surface area contributed by atoms with Crippen LogP contribution in [0.5, 0.6) is 0 Å². The van der Waals surface area contributed by atoms with Crippen molar-refractivity contribution in [3.8, 4) is 22.3 Å². The molecule has 7 rings (SSSR count). The van der Waals surface area contributed by atoms with Gasteiger partial charge >= 0.3 is 0 Å². The summed E-state index contributed by atoms with van der Waals surface area (Å²) in [5.41, 5.74) is 6.45. The van der Waals surface area contributed by atoms with E-state index in [2.05, 4.69) is 70.7 Å². The van der Waals surface area contributed by atoms with E-state index in [1.165, 1.54) is 5.39 Å². The Balaban J connectivity index is 0.949. The quantitative estimate of drug-likeness (QED) is 0.195. The van der Waals surface area contributed by atoms with E-state index in [1.54, 1.807) is 10.9 Å². The first kappa shape index (κ1) is 29.2. The Kier molecular flexibility index (Phi) is 8.37. The second kappa shape index (κ2) is 13.2. The van der Waals surface area contributed by atoms with Crippen LogP contribution in [-0.2, 0) is 16.1 Å². The minimum absolute atomic E-state index is 0.00463. The van der Waals surface area contributed by atoms with Gasteiger partial charge in [-0.15, -0.1) is 0 Å². The minimum atomic E-state index is -0.00463. The van der Waals surface area contributed by atoms with Crippen molar-refractivity contribution in [1.82, 2.24) is 24.6 Å². The van der Waals surface area contributed by atoms with E-state index >= 15 is 0 Å². The maximum Gasteiger partial charge on any atom is 0.244 e. The minimum Gasteiger partial charge on any atom is -0.339 e. The zero-order valence-electron chi connectivity index (χ0n) is 25.6. The lowest BCUT2D eigenvalue weighted by Gasteiger charge is -2.35. The van der Waals surface area contributed by atoms with Gasteiger partial charge < -0.3 is 9.80 Å². The van der Waals surface area contributed by atoms with Crippen LogP contribution in [0.1, 0.15) is 23.5 Å². The van der Waals surface area contributed by atoms with Crippen LogP contribution in [0.2, 0.25) is 0 Å². The summed E-state index contributed by atoms with van der Waals surface area (Å²) in [6.07, 6.45) is 7.91. The normalized spacial score (nSPS) is 13.3. The molecule has 0 atom stereocenters. The van der Waals surface area contributed by atoms with E-state index in [0.717, 1.165) is 38.8 Å². The van der Waals surface area contributed by atoms with E-state index < -0.39 is 0 Å². The number of benzene rings is 4. The van der Waals surface area contributed by atoms with Crippen molar-refractivity contribution < 1.29 is 9.59 Å². The number of carbonyl (C=O) groups is 2. The maximum atomic E-state index is 13.4. The number of pyridine rings is 1. The molecule has 1 fully saturated rings. The summed E-state index contributed by atoms with van der Waals surface area (Å²) in [5.74, 6) is 0.117. The Hall–Kier alpha value is -5.56. The molecular formula is C39H35N5O2. The number of hydrogen-bond acceptors (Lipinski definition) is 4. The highest BCUT2D eigenvalue weighted by Crippen LogP contribution is 2.30. The van der Waals surface area contributed by atoms with Crippen molar-refractivity contribution in [1.29, 1.82) is 0 Å². The fourth-order valence-corrected chi connectivity index (χ4v) is 6.33. The molecule has 0 N–H and O–H groups in total. The maximum absolute atomic E-state index is 13.4. The number of amides is 2. The number of hydrogen-bond donors (Lipinski definition) is 0. The highest BCUT2D eigenvalue weighted by Gasteiger charge is 2.27. The van der Waals surface area contributed by atoms with Crippen LogP contribution in [0.25, 0.3) is 33.0 Å². The Labute approximate surface area is 268 Å². The van der Waals surface area contributed by atoms with Crippen molar-refractivity contribution in [2.75, 3.05) is 26.2 Å². The van der Waals surface area contributed by atoms with Gasteiger partial charge in [0.05, 0.1) is 6.20 Å². The van der Waals surface area contributed by atoms with Crippen LogP contribution in [0, 0.1) is 0 Å². The molecule has 228 valence electrons. The van der Waals surface area contributed by atoms with E-state index in [9.17, 15) is 9.59 Å². The topological polar surface area (TPSA) is 71.3 Å². The molecule has 4 aromatic carbocycles. The Bertz CT molecular complexity index is 1900. The average molecular weight is 606 g/mol. The van der Waals surface area contributed by atoms with Gasteiger partial charge in [-0.1, -0.05) is 109 Å². The van der Waals surface area contributed by atoms with Crippen LogP contribution >= 0.6 is 0 Å². The third-order valence-electron chi connectivity index (χ3n) is 8.90. The molecule has 0 aliphatic carbocycles. The molecule has 0 spiro atoms. The summed E-state index contributed by atoms with van der Waals surface area (Å²) in [6.45, 7) is 2.26. The summed E-state index contributed by atoms with van der Waals surface area (Å²) < 4.78 is 1.70. The first-order valence-electron chi connectivity index (χ1n) is 15.7. The predicted octanol–water partition coefficient (Wildman–Crippen LogP) is 6.66. The van der Waals surface area contributed by atoms with Gasteiger partial charge in [-0.05, 0) is 27.6 Å². The summed E-state index contributed by atoms with van der Waals surface area (Å²) in [4.78, 5) is 34.8. The Morgan fingerprint density at radius 3 is 1.87 bits per heavy atom. The first-order chi connectivity index (χ1) is 22.6. The van der Waals surface area contributed by atoms with Gasteiger partial charge in [-0.25, -0.2) is 0 Å². The van der Waals surface area contributed by atoms with Gasteiger partial charge in [0.2, 0.25) is 11.8 Å². The standard InChI is InChI=1S/C39H35N5O2/c45-38(23-36(30-9-3-1-4-10-30)31-11-5-2-6-12-31)42-19-21-43(22-20-42)39(46)28-44-27-34(25-41-44)29-15-17-32(18-16-29)37-26-40-24-33-13-7-8-14-35(33)37/h1-18,24-27,36H,19-23,28H2. The SMILES string of the molecule is O=C(CC(c1ccccc1)c1ccccc1)N1CCN(C(=O)Cn2cc(-c3ccc(-c4cncc5ccccc45)cc3)cn2)CC1. The summed E-state index contributed by atoms with van der Waals surface area (Å²) >= 11 is 0. The molecular weight excluding hydrogens is 570 g/mol. The Morgan fingerprint density at radius 2 is 1.20 bits per heavy atom. The first-order valence-corrected chi connectivity index (χ1v) is 15.7. The zero-order valence-corrected chi connectivity index (χ0v) is 25.6. The molecule has 0 bridgehead atoms. The van der Waals surface area contributed by atoms with Crippen LogP contribution in [0.15, 0.2) is 134 Å². The van der Waals surface area contributed by atoms with Crippen molar-refractivity contribution >= 4 is 22.6 Å². The lowest BCUT2D eigenvalue weighted by molar-refractivity contribution is -0.140. The monoisotopic (exact) mass is 605 g/mol. The third-order valence-corrected chi connectivity index (χ3v) is 8.90. The zero-order chi connectivity index (χ0) is 31.3. The molecule has 46 heavy (non-hydrogen) atoms. The Morgan fingerprint density at radius 1 is 0.609 bits per heavy atom. The van der Waals surface area contributed by atoms with Crippen LogP contribution in [0.3, 0.4) is 0 Å². The van der Waals surface area contributed by atoms with Gasteiger partial charge in [0.25, 0.3) is 0 Å².